The maximum Gasteiger partial charge on any atom is 0.164 e. The van der Waals surface area contributed by atoms with E-state index in [0.717, 1.165) is 89.3 Å². The van der Waals surface area contributed by atoms with Crippen molar-refractivity contribution in [1.82, 2.24) is 19.9 Å². The highest BCUT2D eigenvalue weighted by atomic mass is 32.1. The lowest BCUT2D eigenvalue weighted by atomic mass is 9.82. The smallest absolute Gasteiger partial charge is 0.164 e. The lowest BCUT2D eigenvalue weighted by molar-refractivity contribution is 0.660. The van der Waals surface area contributed by atoms with Gasteiger partial charge in [-0.05, 0) is 237 Å². The summed E-state index contributed by atoms with van der Waals surface area (Å²) >= 11 is 1.85. The summed E-state index contributed by atoms with van der Waals surface area (Å²) in [6.45, 7) is 4.68. The molecule has 3 aromatic heterocycles. The van der Waals surface area contributed by atoms with Gasteiger partial charge in [0.2, 0.25) is 0 Å². The molecule has 20 aromatic carbocycles. The van der Waals surface area contributed by atoms with Crippen LogP contribution < -0.4 is 0 Å². The van der Waals surface area contributed by atoms with Gasteiger partial charge in [-0.3, -0.25) is 0 Å². The van der Waals surface area contributed by atoms with Crippen LogP contribution in [0.25, 0.3) is 254 Å². The molecule has 6 nitrogen and oxygen atoms in total. The highest BCUT2D eigenvalue weighted by molar-refractivity contribution is 7.25. The summed E-state index contributed by atoms with van der Waals surface area (Å²) in [6.07, 6.45) is 0. The Balaban J connectivity index is 0.000000144. The van der Waals surface area contributed by atoms with Crippen LogP contribution in [0.5, 0.6) is 0 Å². The van der Waals surface area contributed by atoms with Crippen LogP contribution in [0.3, 0.4) is 0 Å². The van der Waals surface area contributed by atoms with Crippen LogP contribution in [0.15, 0.2) is 437 Å². The third kappa shape index (κ3) is 13.3. The minimum Gasteiger partial charge on any atom is -0.248 e. The first-order valence-corrected chi connectivity index (χ1v) is 46.3. The molecule has 0 bridgehead atoms. The van der Waals surface area contributed by atoms with Crippen molar-refractivity contribution < 1.29 is 0 Å². The molecule has 0 amide bonds. The highest BCUT2D eigenvalue weighted by Gasteiger charge is 2.37. The molecule has 0 radical (unpaired) electrons. The van der Waals surface area contributed by atoms with Crippen molar-refractivity contribution in [2.75, 3.05) is 0 Å². The number of rotatable bonds is 13. The Labute approximate surface area is 780 Å². The molecular weight excluding hydrogens is 1640 g/mol. The van der Waals surface area contributed by atoms with Gasteiger partial charge in [-0.2, -0.15) is 10.5 Å². The van der Waals surface area contributed by atoms with E-state index in [0.29, 0.717) is 28.6 Å². The Kier molecular flexibility index (Phi) is 18.8. The number of benzene rings is 20. The van der Waals surface area contributed by atoms with Gasteiger partial charge in [-0.15, -0.1) is 11.3 Å². The topological polar surface area (TPSA) is 99.1 Å². The van der Waals surface area contributed by atoms with E-state index in [1.54, 1.807) is 0 Å². The van der Waals surface area contributed by atoms with E-state index < -0.39 is 0 Å². The summed E-state index contributed by atoms with van der Waals surface area (Å²) in [5.74, 6) is 1.92. The Morgan fingerprint density at radius 1 is 0.201 bits per heavy atom. The predicted molar refractivity (Wildman–Crippen MR) is 556 cm³/mol. The molecule has 0 spiro atoms. The van der Waals surface area contributed by atoms with Crippen molar-refractivity contribution in [2.45, 2.75) is 19.3 Å². The number of thiophene rings is 1. The lowest BCUT2D eigenvalue weighted by Gasteiger charge is -2.21. The van der Waals surface area contributed by atoms with Gasteiger partial charge in [0, 0.05) is 53.4 Å². The molecule has 622 valence electrons. The summed E-state index contributed by atoms with van der Waals surface area (Å²) in [4.78, 5) is 20.3. The zero-order valence-electron chi connectivity index (χ0n) is 73.2. The SMILES string of the molecule is CC1(C)c2ccccc2-c2c(-c3cc(-c4ccc(-c5ccc6c7c(ccc(-c8ccc9c(c8)sc8cc(-c%10ccc(C#N)cc%10)ccc89)c57)-c5ccccc5-6)cc4)cc(-c4ccccc4)n3)cccc21.N#Cc1ccc(-c2ccc(-c3ccc(-c4ccc5c6c(ccc(-c7ccc(-c8nc(-c9ccccc9)nc(-c9ccccc9)n8)cc7)c46)-c4ccccc4-5)cc3)c3ccccc23)cc1. The quantitative estimate of drug-likeness (QED) is 0.114. The molecular formula is C127H78N6S. The maximum absolute atomic E-state index is 9.37. The van der Waals surface area contributed by atoms with E-state index in [2.05, 4.69) is 354 Å². The van der Waals surface area contributed by atoms with Crippen molar-refractivity contribution in [3.05, 3.63) is 459 Å². The van der Waals surface area contributed by atoms with E-state index in [1.165, 1.54) is 158 Å². The van der Waals surface area contributed by atoms with Gasteiger partial charge >= 0.3 is 0 Å². The fraction of sp³-hybridized carbons (Fsp3) is 0.0236. The van der Waals surface area contributed by atoms with Gasteiger partial charge in [0.1, 0.15) is 0 Å². The third-order valence-corrected chi connectivity index (χ3v) is 28.8. The number of hydrogen-bond acceptors (Lipinski definition) is 7. The van der Waals surface area contributed by atoms with E-state index in [4.69, 9.17) is 19.9 Å². The largest absolute Gasteiger partial charge is 0.248 e. The fourth-order valence-electron chi connectivity index (χ4n) is 21.1. The molecule has 0 saturated heterocycles. The number of hydrogen-bond donors (Lipinski definition) is 0. The zero-order valence-corrected chi connectivity index (χ0v) is 74.0. The minimum atomic E-state index is -0.104. The van der Waals surface area contributed by atoms with Gasteiger partial charge in [0.25, 0.3) is 0 Å². The Hall–Kier alpha value is -17.5. The molecule has 0 aliphatic heterocycles. The fourth-order valence-corrected chi connectivity index (χ4v) is 22.3. The van der Waals surface area contributed by atoms with Gasteiger partial charge in [-0.25, -0.2) is 19.9 Å². The zero-order chi connectivity index (χ0) is 89.2. The molecule has 0 atom stereocenters. The van der Waals surface area contributed by atoms with Crippen LogP contribution >= 0.6 is 11.3 Å². The van der Waals surface area contributed by atoms with Crippen LogP contribution in [0.1, 0.15) is 36.1 Å². The van der Waals surface area contributed by atoms with E-state index in [9.17, 15) is 10.5 Å². The number of pyridine rings is 1. The maximum atomic E-state index is 9.37. The summed E-state index contributed by atoms with van der Waals surface area (Å²) in [6, 6.07) is 161. The molecule has 0 unspecified atom stereocenters. The molecule has 134 heavy (non-hydrogen) atoms. The Morgan fingerprint density at radius 2 is 0.515 bits per heavy atom. The van der Waals surface area contributed by atoms with Crippen LogP contribution in [0.2, 0.25) is 0 Å². The van der Waals surface area contributed by atoms with Crippen LogP contribution in [-0.4, -0.2) is 19.9 Å². The van der Waals surface area contributed by atoms with Crippen molar-refractivity contribution >= 4 is 63.8 Å². The molecule has 0 fully saturated rings. The molecule has 0 saturated carbocycles. The standard InChI is InChI=1S/C67H42N2S.C60H36N4/c1-67(2)58-17-9-8-15-56(58)64-57(16-10-18-59(64)67)61-36-47(35-60(69-61)44-11-4-3-5-12-44)42-23-25-43(26-24-42)48-31-33-54-50-13-6-7-14-51(50)55-34-32-49(65(48)66(54)55)46-28-30-53-52-29-27-45(37-62(52)70-63(53)38-46)41-21-19-40(39-68)20-22-41;61-37-38-19-21-39(22-20-38)46-31-32-47(51-16-8-7-15-50(46)51)40-23-25-41(26-24-40)48-33-35-54-52-17-9-10-18-53(52)55-36-34-49(56(48)57(54)55)42-27-29-45(30-28-42)60-63-58(43-11-3-1-4-12-43)62-59(64-60)44-13-5-2-6-14-44/h3-38H,1-2H3;1-36H. The normalized spacial score (nSPS) is 12.1. The molecule has 0 N–H and O–H groups in total. The van der Waals surface area contributed by atoms with Crippen molar-refractivity contribution in [3.8, 4) is 213 Å². The van der Waals surface area contributed by atoms with Crippen LogP contribution in [-0.2, 0) is 5.41 Å². The number of nitrogens with zero attached hydrogens (tertiary/aromatic N) is 6. The van der Waals surface area contributed by atoms with Crippen molar-refractivity contribution in [3.63, 3.8) is 0 Å². The minimum absolute atomic E-state index is 0.104. The third-order valence-electron chi connectivity index (χ3n) is 27.7. The Morgan fingerprint density at radius 3 is 0.985 bits per heavy atom. The first kappa shape index (κ1) is 78.8. The lowest BCUT2D eigenvalue weighted by Crippen LogP contribution is -2.14. The number of fused-ring (bicyclic) bond motifs is 13. The summed E-state index contributed by atoms with van der Waals surface area (Å²) < 4.78 is 2.52. The number of aromatic nitrogens is 4. The second-order valence-corrected chi connectivity index (χ2v) is 36.6. The van der Waals surface area contributed by atoms with E-state index in [-0.39, 0.29) is 5.41 Å². The van der Waals surface area contributed by atoms with Gasteiger partial charge < -0.3 is 0 Å². The molecule has 7 heteroatoms. The van der Waals surface area contributed by atoms with Gasteiger partial charge in [0.05, 0.1) is 34.7 Å². The van der Waals surface area contributed by atoms with Crippen molar-refractivity contribution in [2.24, 2.45) is 0 Å². The molecule has 23 aromatic rings. The molecule has 3 aliphatic carbocycles. The van der Waals surface area contributed by atoms with Crippen molar-refractivity contribution in [1.29, 1.82) is 10.5 Å². The summed E-state index contributed by atoms with van der Waals surface area (Å²) in [5.41, 5.74) is 42.4. The first-order valence-electron chi connectivity index (χ1n) is 45.5. The van der Waals surface area contributed by atoms with E-state index >= 15 is 0 Å². The summed E-state index contributed by atoms with van der Waals surface area (Å²) in [5, 5.41) is 28.7. The monoisotopic (exact) mass is 1720 g/mol. The van der Waals surface area contributed by atoms with Crippen LogP contribution in [0, 0.1) is 22.7 Å². The molecule has 3 heterocycles. The first-order chi connectivity index (χ1) is 66.1. The number of nitriles is 2. The molecule has 26 rings (SSSR count). The van der Waals surface area contributed by atoms with Gasteiger partial charge in [-0.1, -0.05) is 402 Å². The highest BCUT2D eigenvalue weighted by Crippen LogP contribution is 2.57. The predicted octanol–water partition coefficient (Wildman–Crippen LogP) is 33.8. The second-order valence-electron chi connectivity index (χ2n) is 35.5. The van der Waals surface area contributed by atoms with Gasteiger partial charge in [0.15, 0.2) is 17.5 Å². The second kappa shape index (κ2) is 32.0. The average molecular weight is 1720 g/mol. The summed E-state index contributed by atoms with van der Waals surface area (Å²) in [7, 11) is 0. The van der Waals surface area contributed by atoms with E-state index in [1.807, 2.05) is 121 Å². The Bertz CT molecular complexity index is 8740. The van der Waals surface area contributed by atoms with Crippen LogP contribution in [0.4, 0.5) is 0 Å². The molecule has 3 aliphatic rings. The average Bonchev–Trinajstić information content (AvgIpc) is 1.55.